The van der Waals surface area contributed by atoms with E-state index in [-0.39, 0.29) is 6.04 Å². The highest BCUT2D eigenvalue weighted by Gasteiger charge is 2.41. The minimum Gasteiger partial charge on any atom is -0.317 e. The molecule has 0 unspecified atom stereocenters. The maximum atomic E-state index is 13.0. The summed E-state index contributed by atoms with van der Waals surface area (Å²) in [5.74, 6) is 0.520. The molecular weight excluding hydrogens is 286 g/mol. The van der Waals surface area contributed by atoms with Crippen molar-refractivity contribution in [2.24, 2.45) is 5.92 Å². The molecule has 0 radical (unpaired) electrons. The zero-order chi connectivity index (χ0) is 15.3. The molecule has 1 aliphatic carbocycles. The molecule has 21 heavy (non-hydrogen) atoms. The highest BCUT2D eigenvalue weighted by atomic mass is 32.2. The smallest absolute Gasteiger partial charge is 0.282 e. The van der Waals surface area contributed by atoms with Gasteiger partial charge in [-0.25, -0.2) is 0 Å². The predicted molar refractivity (Wildman–Crippen MR) is 86.4 cm³/mol. The molecule has 0 aromatic carbocycles. The van der Waals surface area contributed by atoms with Crippen molar-refractivity contribution in [2.45, 2.75) is 58.4 Å². The Kier molecular flexibility index (Phi) is 6.47. The highest BCUT2D eigenvalue weighted by Crippen LogP contribution is 2.32. The van der Waals surface area contributed by atoms with E-state index in [1.165, 1.54) is 0 Å². The lowest BCUT2D eigenvalue weighted by Gasteiger charge is -2.33. The number of hydrogen-bond donors (Lipinski definition) is 1. The van der Waals surface area contributed by atoms with Gasteiger partial charge in [0, 0.05) is 25.7 Å². The molecule has 5 nitrogen and oxygen atoms in total. The van der Waals surface area contributed by atoms with Crippen LogP contribution in [0.1, 0.15) is 52.4 Å². The topological polar surface area (TPSA) is 52.7 Å². The summed E-state index contributed by atoms with van der Waals surface area (Å²) in [6, 6.07) is 0.265. The maximum Gasteiger partial charge on any atom is 0.282 e. The molecular formula is C15H31N3O2S. The summed E-state index contributed by atoms with van der Waals surface area (Å²) < 4.78 is 29.5. The first-order valence-electron chi connectivity index (χ1n) is 8.57. The van der Waals surface area contributed by atoms with Gasteiger partial charge >= 0.3 is 0 Å². The van der Waals surface area contributed by atoms with Crippen molar-refractivity contribution in [2.75, 3.05) is 32.7 Å². The molecule has 1 N–H and O–H groups in total. The Balaban J connectivity index is 2.07. The van der Waals surface area contributed by atoms with Crippen molar-refractivity contribution >= 4 is 10.2 Å². The Bertz CT molecular complexity index is 397. The molecule has 0 aromatic heterocycles. The molecule has 2 aliphatic rings. The van der Waals surface area contributed by atoms with Gasteiger partial charge in [0.2, 0.25) is 0 Å². The van der Waals surface area contributed by atoms with E-state index in [2.05, 4.69) is 5.32 Å². The first kappa shape index (κ1) is 17.2. The lowest BCUT2D eigenvalue weighted by Crippen LogP contribution is -2.48. The van der Waals surface area contributed by atoms with Gasteiger partial charge in [-0.05, 0) is 57.5 Å². The van der Waals surface area contributed by atoms with Crippen LogP contribution in [0.15, 0.2) is 0 Å². The quantitative estimate of drug-likeness (QED) is 0.706. The minimum atomic E-state index is -3.28. The second-order valence-corrected chi connectivity index (χ2v) is 8.28. The van der Waals surface area contributed by atoms with E-state index in [1.54, 1.807) is 4.31 Å². The third-order valence-electron chi connectivity index (χ3n) is 4.42. The summed E-state index contributed by atoms with van der Waals surface area (Å²) in [7, 11) is -3.28. The highest BCUT2D eigenvalue weighted by molar-refractivity contribution is 7.86. The van der Waals surface area contributed by atoms with Gasteiger partial charge < -0.3 is 5.32 Å². The van der Waals surface area contributed by atoms with E-state index in [4.69, 9.17) is 0 Å². The van der Waals surface area contributed by atoms with Crippen LogP contribution in [0.2, 0.25) is 0 Å². The van der Waals surface area contributed by atoms with Gasteiger partial charge in [0.1, 0.15) is 0 Å². The largest absolute Gasteiger partial charge is 0.317 e. The van der Waals surface area contributed by atoms with Crippen LogP contribution in [0.3, 0.4) is 0 Å². The normalized spacial score (nSPS) is 21.3. The van der Waals surface area contributed by atoms with E-state index in [9.17, 15) is 8.42 Å². The lowest BCUT2D eigenvalue weighted by atomic mass is 9.98. The van der Waals surface area contributed by atoms with Crippen LogP contribution in [0.4, 0.5) is 0 Å². The standard InChI is InChI=1S/C15H31N3O2S/c1-3-11-17(12-4-2)21(19,20)18(15-5-6-15)13-14-7-9-16-10-8-14/h14-16H,3-13H2,1-2H3. The third kappa shape index (κ3) is 4.65. The van der Waals surface area contributed by atoms with Crippen molar-refractivity contribution in [1.82, 2.24) is 13.9 Å². The summed E-state index contributed by atoms with van der Waals surface area (Å²) in [6.45, 7) is 8.16. The zero-order valence-corrected chi connectivity index (χ0v) is 14.4. The fraction of sp³-hybridized carbons (Fsp3) is 1.00. The summed E-state index contributed by atoms with van der Waals surface area (Å²) >= 11 is 0. The number of hydrogen-bond acceptors (Lipinski definition) is 3. The number of rotatable bonds is 9. The van der Waals surface area contributed by atoms with Gasteiger partial charge in [-0.15, -0.1) is 0 Å². The van der Waals surface area contributed by atoms with Crippen molar-refractivity contribution in [3.8, 4) is 0 Å². The second-order valence-electron chi connectivity index (χ2n) is 6.40. The average molecular weight is 317 g/mol. The molecule has 0 amide bonds. The Morgan fingerprint density at radius 1 is 1.00 bits per heavy atom. The van der Waals surface area contributed by atoms with E-state index < -0.39 is 10.2 Å². The molecule has 2 rings (SSSR count). The van der Waals surface area contributed by atoms with Gasteiger partial charge in [-0.1, -0.05) is 13.8 Å². The Hall–Kier alpha value is -0.170. The summed E-state index contributed by atoms with van der Waals surface area (Å²) in [4.78, 5) is 0. The lowest BCUT2D eigenvalue weighted by molar-refractivity contribution is 0.263. The van der Waals surface area contributed by atoms with Crippen molar-refractivity contribution < 1.29 is 8.42 Å². The van der Waals surface area contributed by atoms with E-state index >= 15 is 0 Å². The molecule has 1 saturated heterocycles. The first-order valence-corrected chi connectivity index (χ1v) is 9.96. The van der Waals surface area contributed by atoms with Crippen LogP contribution < -0.4 is 5.32 Å². The van der Waals surface area contributed by atoms with Crippen molar-refractivity contribution in [3.63, 3.8) is 0 Å². The third-order valence-corrected chi connectivity index (χ3v) is 6.48. The predicted octanol–water partition coefficient (Wildman–Crippen LogP) is 1.82. The molecule has 0 aromatic rings. The SMILES string of the molecule is CCCN(CCC)S(=O)(=O)N(CC1CCNCC1)C1CC1. The Labute approximate surface area is 130 Å². The van der Waals surface area contributed by atoms with Crippen LogP contribution in [-0.2, 0) is 10.2 Å². The number of nitrogens with one attached hydrogen (secondary N) is 1. The summed E-state index contributed by atoms with van der Waals surface area (Å²) in [5, 5.41) is 3.36. The van der Waals surface area contributed by atoms with Crippen LogP contribution in [0.5, 0.6) is 0 Å². The van der Waals surface area contributed by atoms with Crippen LogP contribution in [-0.4, -0.2) is 55.8 Å². The molecule has 0 spiro atoms. The van der Waals surface area contributed by atoms with Crippen molar-refractivity contribution in [3.05, 3.63) is 0 Å². The van der Waals surface area contributed by atoms with E-state index in [0.29, 0.717) is 19.0 Å². The Morgan fingerprint density at radius 2 is 1.57 bits per heavy atom. The minimum absolute atomic E-state index is 0.265. The fourth-order valence-electron chi connectivity index (χ4n) is 3.10. The molecule has 6 heteroatoms. The average Bonchev–Trinajstić information content (AvgIpc) is 3.30. The maximum absolute atomic E-state index is 13.0. The van der Waals surface area contributed by atoms with Crippen molar-refractivity contribution in [1.29, 1.82) is 0 Å². The monoisotopic (exact) mass is 317 g/mol. The molecule has 1 aliphatic heterocycles. The molecule has 2 fully saturated rings. The summed E-state index contributed by atoms with van der Waals surface area (Å²) in [6.07, 6.45) is 6.03. The van der Waals surface area contributed by atoms with Gasteiger partial charge in [-0.3, -0.25) is 0 Å². The molecule has 0 atom stereocenters. The van der Waals surface area contributed by atoms with Crippen LogP contribution in [0, 0.1) is 5.92 Å². The zero-order valence-electron chi connectivity index (χ0n) is 13.6. The van der Waals surface area contributed by atoms with Crippen LogP contribution >= 0.6 is 0 Å². The second kappa shape index (κ2) is 7.90. The van der Waals surface area contributed by atoms with Gasteiger partial charge in [0.25, 0.3) is 10.2 Å². The van der Waals surface area contributed by atoms with Gasteiger partial charge in [0.05, 0.1) is 0 Å². The molecule has 0 bridgehead atoms. The molecule has 1 saturated carbocycles. The van der Waals surface area contributed by atoms with E-state index in [0.717, 1.165) is 58.2 Å². The fourth-order valence-corrected chi connectivity index (χ4v) is 5.21. The van der Waals surface area contributed by atoms with Gasteiger partial charge in [-0.2, -0.15) is 17.0 Å². The number of nitrogens with zero attached hydrogens (tertiary/aromatic N) is 2. The first-order chi connectivity index (χ1) is 10.1. The van der Waals surface area contributed by atoms with E-state index in [1.807, 2.05) is 18.2 Å². The Morgan fingerprint density at radius 3 is 2.05 bits per heavy atom. The molecule has 124 valence electrons. The molecule has 1 heterocycles. The van der Waals surface area contributed by atoms with Gasteiger partial charge in [0.15, 0.2) is 0 Å². The summed E-state index contributed by atoms with van der Waals surface area (Å²) in [5.41, 5.74) is 0. The number of piperidine rings is 1. The van der Waals surface area contributed by atoms with Crippen LogP contribution in [0.25, 0.3) is 0 Å².